The van der Waals surface area contributed by atoms with E-state index in [-0.39, 0.29) is 21.7 Å². The molecular weight excluding hydrogens is 412 g/mol. The van der Waals surface area contributed by atoms with Gasteiger partial charge in [0.05, 0.1) is 19.2 Å². The van der Waals surface area contributed by atoms with Gasteiger partial charge in [-0.25, -0.2) is 8.42 Å². The molecule has 6 nitrogen and oxygen atoms in total. The maximum absolute atomic E-state index is 12.7. The number of nitrogens with one attached hydrogen (secondary N) is 2. The first-order chi connectivity index (χ1) is 13.5. The summed E-state index contributed by atoms with van der Waals surface area (Å²) in [5.41, 5.74) is 4.38. The zero-order valence-electron chi connectivity index (χ0n) is 17.5. The van der Waals surface area contributed by atoms with Crippen molar-refractivity contribution in [3.63, 3.8) is 0 Å². The van der Waals surface area contributed by atoms with E-state index in [4.69, 9.17) is 16.3 Å². The molecule has 0 aliphatic carbocycles. The third-order valence-corrected chi connectivity index (χ3v) is 6.65. The van der Waals surface area contributed by atoms with Gasteiger partial charge in [-0.2, -0.15) is 4.72 Å². The van der Waals surface area contributed by atoms with Crippen LogP contribution in [0.1, 0.15) is 42.1 Å². The molecule has 2 aromatic rings. The summed E-state index contributed by atoms with van der Waals surface area (Å²) in [6.45, 7) is 9.40. The number of rotatable bonds is 7. The molecule has 0 aliphatic heterocycles. The monoisotopic (exact) mass is 438 g/mol. The number of amides is 1. The molecule has 8 heteroatoms. The number of carbonyl (C=O) groups is 1. The largest absolute Gasteiger partial charge is 0.495 e. The molecule has 2 atom stereocenters. The Morgan fingerprint density at radius 3 is 2.28 bits per heavy atom. The molecule has 0 aromatic heterocycles. The normalized spacial score (nSPS) is 13.6. The second-order valence-corrected chi connectivity index (χ2v) is 9.28. The van der Waals surface area contributed by atoms with E-state index in [1.807, 2.05) is 33.8 Å². The lowest BCUT2D eigenvalue weighted by atomic mass is 9.96. The zero-order valence-corrected chi connectivity index (χ0v) is 19.0. The van der Waals surface area contributed by atoms with E-state index in [9.17, 15) is 13.2 Å². The summed E-state index contributed by atoms with van der Waals surface area (Å²) in [5, 5.41) is 3.13. The lowest BCUT2D eigenvalue weighted by Gasteiger charge is -2.21. The topological polar surface area (TPSA) is 84.5 Å². The van der Waals surface area contributed by atoms with Crippen molar-refractivity contribution in [2.24, 2.45) is 0 Å². The molecule has 29 heavy (non-hydrogen) atoms. The fraction of sp³-hybridized carbons (Fsp3) is 0.381. The van der Waals surface area contributed by atoms with Crippen molar-refractivity contribution < 1.29 is 17.9 Å². The Kier molecular flexibility index (Phi) is 7.32. The van der Waals surface area contributed by atoms with Gasteiger partial charge in [-0.05, 0) is 75.1 Å². The highest BCUT2D eigenvalue weighted by molar-refractivity contribution is 7.89. The van der Waals surface area contributed by atoms with Crippen LogP contribution in [0.2, 0.25) is 5.02 Å². The molecule has 0 radical (unpaired) electrons. The molecule has 158 valence electrons. The summed E-state index contributed by atoms with van der Waals surface area (Å²) >= 11 is 5.93. The Morgan fingerprint density at radius 1 is 1.03 bits per heavy atom. The number of benzene rings is 2. The molecule has 2 rings (SSSR count). The molecule has 2 aromatic carbocycles. The first-order valence-corrected chi connectivity index (χ1v) is 11.1. The van der Waals surface area contributed by atoms with Crippen LogP contribution in [-0.2, 0) is 14.8 Å². The predicted octanol–water partition coefficient (Wildman–Crippen LogP) is 3.82. The van der Waals surface area contributed by atoms with Crippen molar-refractivity contribution in [1.29, 1.82) is 0 Å². The van der Waals surface area contributed by atoms with Crippen molar-refractivity contribution in [3.8, 4) is 5.75 Å². The second-order valence-electron chi connectivity index (χ2n) is 7.16. The molecule has 0 heterocycles. The van der Waals surface area contributed by atoms with Crippen LogP contribution in [0.15, 0.2) is 35.2 Å². The van der Waals surface area contributed by atoms with Crippen molar-refractivity contribution in [2.45, 2.75) is 51.6 Å². The lowest BCUT2D eigenvalue weighted by Crippen LogP contribution is -2.45. The predicted molar refractivity (Wildman–Crippen MR) is 115 cm³/mol. The Labute approximate surface area is 177 Å². The van der Waals surface area contributed by atoms with Gasteiger partial charge in [0.1, 0.15) is 10.6 Å². The maximum Gasteiger partial charge on any atom is 0.245 e. The molecule has 0 saturated carbocycles. The number of methoxy groups -OCH3 is 1. The van der Waals surface area contributed by atoms with E-state index in [0.29, 0.717) is 0 Å². The Morgan fingerprint density at radius 2 is 1.66 bits per heavy atom. The van der Waals surface area contributed by atoms with Crippen LogP contribution in [0.25, 0.3) is 0 Å². The Hall–Kier alpha value is -2.09. The van der Waals surface area contributed by atoms with Crippen LogP contribution in [-0.4, -0.2) is 27.5 Å². The van der Waals surface area contributed by atoms with E-state index in [0.717, 1.165) is 16.7 Å². The summed E-state index contributed by atoms with van der Waals surface area (Å²) in [6, 6.07) is 7.14. The fourth-order valence-electron chi connectivity index (χ4n) is 3.08. The highest BCUT2D eigenvalue weighted by Gasteiger charge is 2.26. The summed E-state index contributed by atoms with van der Waals surface area (Å²) in [7, 11) is -2.64. The third-order valence-electron chi connectivity index (χ3n) is 4.85. The standard InChI is InChI=1S/C21H27ClN2O4S/c1-12-9-14(3)18(10-13(12)2)15(4)23-21(25)16(5)24-29(26,27)20-11-17(22)7-8-19(20)28-6/h7-11,15-16,24H,1-6H3,(H,23,25)/t15-,16-/m0/s1. The van der Waals surface area contributed by atoms with E-state index in [1.54, 1.807) is 0 Å². The average Bonchev–Trinajstić information content (AvgIpc) is 2.64. The minimum Gasteiger partial charge on any atom is -0.495 e. The number of hydrogen-bond acceptors (Lipinski definition) is 4. The Bertz CT molecular complexity index is 1020. The van der Waals surface area contributed by atoms with E-state index in [1.165, 1.54) is 37.8 Å². The summed E-state index contributed by atoms with van der Waals surface area (Å²) in [6.07, 6.45) is 0. The number of aryl methyl sites for hydroxylation is 3. The quantitative estimate of drug-likeness (QED) is 0.688. The van der Waals surface area contributed by atoms with Gasteiger partial charge in [-0.15, -0.1) is 0 Å². The molecule has 0 fully saturated rings. The van der Waals surface area contributed by atoms with Crippen molar-refractivity contribution in [1.82, 2.24) is 10.0 Å². The van der Waals surface area contributed by atoms with Crippen molar-refractivity contribution in [2.75, 3.05) is 7.11 Å². The van der Waals surface area contributed by atoms with Crippen LogP contribution < -0.4 is 14.8 Å². The lowest BCUT2D eigenvalue weighted by molar-refractivity contribution is -0.123. The van der Waals surface area contributed by atoms with Gasteiger partial charge < -0.3 is 10.1 Å². The molecule has 1 amide bonds. The van der Waals surface area contributed by atoms with Crippen LogP contribution in [0.4, 0.5) is 0 Å². The first kappa shape index (κ1) is 23.2. The summed E-state index contributed by atoms with van der Waals surface area (Å²) in [4.78, 5) is 12.5. The van der Waals surface area contributed by atoms with E-state index >= 15 is 0 Å². The van der Waals surface area contributed by atoms with E-state index in [2.05, 4.69) is 16.1 Å². The third kappa shape index (κ3) is 5.50. The number of sulfonamides is 1. The van der Waals surface area contributed by atoms with Gasteiger partial charge in [-0.1, -0.05) is 23.7 Å². The molecule has 0 spiro atoms. The number of halogens is 1. The molecule has 0 unspecified atom stereocenters. The van der Waals surface area contributed by atoms with E-state index < -0.39 is 22.0 Å². The SMILES string of the molecule is COc1ccc(Cl)cc1S(=O)(=O)N[C@@H](C)C(=O)N[C@@H](C)c1cc(C)c(C)cc1C. The highest BCUT2D eigenvalue weighted by Crippen LogP contribution is 2.27. The van der Waals surface area contributed by atoms with Crippen molar-refractivity contribution >= 4 is 27.5 Å². The van der Waals surface area contributed by atoms with Crippen LogP contribution >= 0.6 is 11.6 Å². The second kappa shape index (κ2) is 9.15. The van der Waals surface area contributed by atoms with Gasteiger partial charge in [0.2, 0.25) is 15.9 Å². The van der Waals surface area contributed by atoms with Crippen LogP contribution in [0.5, 0.6) is 5.75 Å². The smallest absolute Gasteiger partial charge is 0.245 e. The molecule has 0 saturated heterocycles. The van der Waals surface area contributed by atoms with Gasteiger partial charge in [0, 0.05) is 5.02 Å². The first-order valence-electron chi connectivity index (χ1n) is 9.20. The molecular formula is C21H27ClN2O4S. The highest BCUT2D eigenvalue weighted by atomic mass is 35.5. The summed E-state index contributed by atoms with van der Waals surface area (Å²) in [5.74, 6) is -0.284. The summed E-state index contributed by atoms with van der Waals surface area (Å²) < 4.78 is 33.0. The van der Waals surface area contributed by atoms with Crippen molar-refractivity contribution in [3.05, 3.63) is 57.6 Å². The number of ether oxygens (including phenoxy) is 1. The van der Waals surface area contributed by atoms with Gasteiger partial charge >= 0.3 is 0 Å². The molecule has 0 aliphatic rings. The van der Waals surface area contributed by atoms with Gasteiger partial charge in [-0.3, -0.25) is 4.79 Å². The number of carbonyl (C=O) groups excluding carboxylic acids is 1. The van der Waals surface area contributed by atoms with Gasteiger partial charge in [0.15, 0.2) is 0 Å². The zero-order chi connectivity index (χ0) is 21.9. The fourth-order valence-corrected chi connectivity index (χ4v) is 4.71. The minimum atomic E-state index is -4.01. The maximum atomic E-state index is 12.7. The minimum absolute atomic E-state index is 0.120. The molecule has 0 bridgehead atoms. The van der Waals surface area contributed by atoms with Crippen LogP contribution in [0, 0.1) is 20.8 Å². The number of hydrogen-bond donors (Lipinski definition) is 2. The Balaban J connectivity index is 2.16. The molecule has 2 N–H and O–H groups in total. The van der Waals surface area contributed by atoms with Gasteiger partial charge in [0.25, 0.3) is 0 Å². The average molecular weight is 439 g/mol. The van der Waals surface area contributed by atoms with Crippen LogP contribution in [0.3, 0.4) is 0 Å².